The van der Waals surface area contributed by atoms with Crippen molar-refractivity contribution >= 4 is 69.7 Å². The van der Waals surface area contributed by atoms with Crippen LogP contribution in [-0.4, -0.2) is 68.6 Å². The van der Waals surface area contributed by atoms with Gasteiger partial charge in [0.25, 0.3) is 11.8 Å². The second kappa shape index (κ2) is 18.2. The Morgan fingerprint density at radius 2 is 1.00 bits per heavy atom. The number of hydrogen-bond acceptors (Lipinski definition) is 6. The molecule has 2 aromatic heterocycles. The zero-order valence-corrected chi connectivity index (χ0v) is 35.2. The third kappa shape index (κ3) is 9.06. The predicted octanol–water partition coefficient (Wildman–Crippen LogP) is 9.38. The minimum absolute atomic E-state index is 0.225. The molecule has 2 fully saturated rings. The number of nitrogens with zero attached hydrogens (tertiary/aromatic N) is 4. The number of amides is 4. The fourth-order valence-corrected chi connectivity index (χ4v) is 8.17. The Bertz CT molecular complexity index is 2380. The second-order valence-electron chi connectivity index (χ2n) is 15.0. The van der Waals surface area contributed by atoms with Crippen molar-refractivity contribution in [2.75, 3.05) is 23.7 Å². The number of aryl methyl sites for hydroxylation is 1. The van der Waals surface area contributed by atoms with Crippen LogP contribution in [0.5, 0.6) is 0 Å². The van der Waals surface area contributed by atoms with Crippen molar-refractivity contribution in [3.8, 4) is 22.3 Å². The Morgan fingerprint density at radius 3 is 1.43 bits per heavy atom. The molecule has 2 atom stereocenters. The van der Waals surface area contributed by atoms with Crippen LogP contribution in [0.1, 0.15) is 63.4 Å². The summed E-state index contributed by atoms with van der Waals surface area (Å²) in [5.41, 5.74) is 8.26. The molecule has 0 bridgehead atoms. The number of nitrogens with one attached hydrogen (secondary N) is 2. The molecule has 0 radical (unpaired) electrons. The highest BCUT2D eigenvalue weighted by molar-refractivity contribution is 14.1. The lowest BCUT2D eigenvalue weighted by Crippen LogP contribution is -2.43. The van der Waals surface area contributed by atoms with Crippen LogP contribution < -0.4 is 10.6 Å². The third-order valence-electron chi connectivity index (χ3n) is 11.0. The van der Waals surface area contributed by atoms with Crippen LogP contribution >= 0.6 is 22.6 Å². The van der Waals surface area contributed by atoms with Gasteiger partial charge < -0.3 is 20.4 Å². The number of hydrogen-bond donors (Lipinski definition) is 2. The number of benzene rings is 4. The van der Waals surface area contributed by atoms with Gasteiger partial charge >= 0.3 is 0 Å². The summed E-state index contributed by atoms with van der Waals surface area (Å²) in [6.45, 7) is 2.99. The molecule has 0 spiro atoms. The number of rotatable bonds is 10. The second-order valence-corrected chi connectivity index (χ2v) is 16.3. The number of aromatic nitrogens is 2. The van der Waals surface area contributed by atoms with Crippen LogP contribution in [0.25, 0.3) is 34.4 Å². The van der Waals surface area contributed by atoms with Crippen molar-refractivity contribution in [2.24, 2.45) is 0 Å². The molecular formula is C49H43IN6O4. The number of carbonyl (C=O) groups excluding carboxylic acids is 4. The lowest BCUT2D eigenvalue weighted by molar-refractivity contribution is -0.120. The molecule has 4 aromatic carbocycles. The molecule has 0 aliphatic carbocycles. The molecule has 60 heavy (non-hydrogen) atoms. The van der Waals surface area contributed by atoms with E-state index >= 15 is 0 Å². The Balaban J connectivity index is 0.856. The summed E-state index contributed by atoms with van der Waals surface area (Å²) in [7, 11) is 0. The molecule has 2 saturated heterocycles. The van der Waals surface area contributed by atoms with Crippen LogP contribution in [0, 0.1) is 10.5 Å². The monoisotopic (exact) mass is 906 g/mol. The van der Waals surface area contributed by atoms with Gasteiger partial charge in [0.15, 0.2) is 0 Å². The molecule has 4 heterocycles. The highest BCUT2D eigenvalue weighted by Crippen LogP contribution is 2.30. The lowest BCUT2D eigenvalue weighted by atomic mass is 10.0. The summed E-state index contributed by atoms with van der Waals surface area (Å²) in [5, 5.41) is 6.01. The molecule has 300 valence electrons. The SMILES string of the molecule is Cc1ccc(-c2cccnc2C(=O)N2CCC[C@H]2C(=O)Nc2ccc(/C=C/c3ccc(NC(=O)[C@@H]4CCCN4C(=O)c4ncccc4-c4ccc(I)cc4)cc3)cc2)cc1. The standard InChI is InChI=1S/C49H43IN6O4/c1-32-10-18-35(19-11-32)40-6-2-28-51-44(40)48(59)55-30-4-8-42(55)46(57)53-38-24-14-33(15-25-38)12-13-34-16-26-39(27-17-34)54-47(58)43-9-5-31-56(43)49(60)45-41(7-3-29-52-45)36-20-22-37(50)23-21-36/h2-3,6-7,10-29,42-43H,4-5,8-9,30-31H2,1H3,(H,53,57)(H,54,58)/b13-12+/t42-,43-/m0/s1. The Labute approximate surface area is 362 Å². The average Bonchev–Trinajstić information content (AvgIpc) is 3.99. The van der Waals surface area contributed by atoms with Crippen LogP contribution in [-0.2, 0) is 9.59 Å². The Hall–Kier alpha value is -6.47. The minimum Gasteiger partial charge on any atom is -0.325 e. The maximum absolute atomic E-state index is 13.8. The van der Waals surface area contributed by atoms with E-state index in [2.05, 4.69) is 43.2 Å². The number of likely N-dealkylation sites (tertiary alicyclic amines) is 2. The first-order chi connectivity index (χ1) is 29.2. The Morgan fingerprint density at radius 1 is 0.583 bits per heavy atom. The van der Waals surface area contributed by atoms with Gasteiger partial charge in [-0.15, -0.1) is 0 Å². The fourth-order valence-electron chi connectivity index (χ4n) is 7.82. The molecule has 2 aliphatic heterocycles. The molecule has 11 heteroatoms. The summed E-state index contributed by atoms with van der Waals surface area (Å²) >= 11 is 2.25. The number of carbonyl (C=O) groups is 4. The molecule has 0 saturated carbocycles. The van der Waals surface area contributed by atoms with Gasteiger partial charge in [-0.3, -0.25) is 29.1 Å². The third-order valence-corrected chi connectivity index (χ3v) is 11.7. The molecule has 8 rings (SSSR count). The zero-order valence-electron chi connectivity index (χ0n) is 33.1. The number of anilines is 2. The minimum atomic E-state index is -0.597. The van der Waals surface area contributed by atoms with Crippen molar-refractivity contribution < 1.29 is 19.2 Å². The lowest BCUT2D eigenvalue weighted by Gasteiger charge is -2.24. The summed E-state index contributed by atoms with van der Waals surface area (Å²) in [4.78, 5) is 66.8. The molecule has 2 aliphatic rings. The topological polar surface area (TPSA) is 125 Å². The molecule has 6 aromatic rings. The van der Waals surface area contributed by atoms with Crippen LogP contribution in [0.4, 0.5) is 11.4 Å². The highest BCUT2D eigenvalue weighted by atomic mass is 127. The molecule has 0 unspecified atom stereocenters. The van der Waals surface area contributed by atoms with Gasteiger partial charge in [0.05, 0.1) is 0 Å². The maximum Gasteiger partial charge on any atom is 0.273 e. The molecule has 4 amide bonds. The molecule has 2 N–H and O–H groups in total. The van der Waals surface area contributed by atoms with Gasteiger partial charge in [-0.1, -0.05) is 90.5 Å². The van der Waals surface area contributed by atoms with Gasteiger partial charge in [-0.25, -0.2) is 0 Å². The summed E-state index contributed by atoms with van der Waals surface area (Å²) in [5.74, 6) is -0.951. The van der Waals surface area contributed by atoms with E-state index in [1.54, 1.807) is 22.2 Å². The van der Waals surface area contributed by atoms with E-state index in [4.69, 9.17) is 0 Å². The summed E-state index contributed by atoms with van der Waals surface area (Å²) in [6.07, 6.45) is 9.79. The van der Waals surface area contributed by atoms with Gasteiger partial charge in [-0.2, -0.15) is 0 Å². The fraction of sp³-hybridized carbons (Fsp3) is 0.184. The first-order valence-electron chi connectivity index (χ1n) is 20.1. The summed E-state index contributed by atoms with van der Waals surface area (Å²) in [6, 6.07) is 37.2. The summed E-state index contributed by atoms with van der Waals surface area (Å²) < 4.78 is 1.10. The zero-order chi connectivity index (χ0) is 41.6. The number of pyridine rings is 2. The van der Waals surface area contributed by atoms with Gasteiger partial charge in [0, 0.05) is 51.6 Å². The van der Waals surface area contributed by atoms with E-state index in [0.717, 1.165) is 55.4 Å². The average molecular weight is 907 g/mol. The van der Waals surface area contributed by atoms with E-state index in [0.29, 0.717) is 48.7 Å². The number of halogens is 1. The van der Waals surface area contributed by atoms with Crippen LogP contribution in [0.3, 0.4) is 0 Å². The quantitative estimate of drug-likeness (QED) is 0.104. The van der Waals surface area contributed by atoms with Crippen LogP contribution in [0.15, 0.2) is 134 Å². The van der Waals surface area contributed by atoms with Gasteiger partial charge in [0.2, 0.25) is 11.8 Å². The van der Waals surface area contributed by atoms with Crippen molar-refractivity contribution in [3.63, 3.8) is 0 Å². The largest absolute Gasteiger partial charge is 0.325 e. The predicted molar refractivity (Wildman–Crippen MR) is 244 cm³/mol. The smallest absolute Gasteiger partial charge is 0.273 e. The van der Waals surface area contributed by atoms with Crippen LogP contribution in [0.2, 0.25) is 0 Å². The molecule has 10 nitrogen and oxygen atoms in total. The van der Waals surface area contributed by atoms with E-state index < -0.39 is 12.1 Å². The van der Waals surface area contributed by atoms with Gasteiger partial charge in [-0.05, 0) is 126 Å². The maximum atomic E-state index is 13.8. The van der Waals surface area contributed by atoms with E-state index in [1.807, 2.05) is 140 Å². The van der Waals surface area contributed by atoms with E-state index in [-0.39, 0.29) is 23.6 Å². The van der Waals surface area contributed by atoms with E-state index in [1.165, 1.54) is 0 Å². The van der Waals surface area contributed by atoms with Gasteiger partial charge in [0.1, 0.15) is 23.5 Å². The first-order valence-corrected chi connectivity index (χ1v) is 21.1. The molecular weight excluding hydrogens is 863 g/mol. The first kappa shape index (κ1) is 40.3. The van der Waals surface area contributed by atoms with Crippen molar-refractivity contribution in [1.82, 2.24) is 19.8 Å². The van der Waals surface area contributed by atoms with Crippen molar-refractivity contribution in [3.05, 3.63) is 165 Å². The van der Waals surface area contributed by atoms with Crippen molar-refractivity contribution in [1.29, 1.82) is 0 Å². The van der Waals surface area contributed by atoms with E-state index in [9.17, 15) is 19.2 Å². The Kier molecular flexibility index (Phi) is 12.2. The highest BCUT2D eigenvalue weighted by Gasteiger charge is 2.37. The van der Waals surface area contributed by atoms with Crippen molar-refractivity contribution in [2.45, 2.75) is 44.7 Å². The normalized spacial score (nSPS) is 16.2.